The van der Waals surface area contributed by atoms with Crippen LogP contribution in [0.1, 0.15) is 21.5 Å². The monoisotopic (exact) mass is 446 g/mol. The number of anilines is 2. The number of carbonyl (C=O) groups excluding carboxylic acids is 2. The van der Waals surface area contributed by atoms with Gasteiger partial charge >= 0.3 is 5.97 Å². The van der Waals surface area contributed by atoms with Gasteiger partial charge in [-0.15, -0.1) is 10.2 Å². The van der Waals surface area contributed by atoms with Crippen LogP contribution < -0.4 is 10.6 Å². The highest BCUT2D eigenvalue weighted by Crippen LogP contribution is 2.26. The van der Waals surface area contributed by atoms with Gasteiger partial charge in [-0.3, -0.25) is 4.79 Å². The fraction of sp³-hybridized carbons (Fsp3) is 0.200. The lowest BCUT2D eigenvalue weighted by Gasteiger charge is -2.09. The lowest BCUT2D eigenvalue weighted by molar-refractivity contribution is -0.113. The molecule has 10 heteroatoms. The normalized spacial score (nSPS) is 10.5. The third-order valence-electron chi connectivity index (χ3n) is 4.02. The standard InChI is InChI=1S/C20H19FN4O3S2/c1-12-3-6-14(18(27)28-2)9-16(12)23-17(26)11-29-20-25-24-19(30-20)22-10-13-4-7-15(21)8-5-13/h3-9H,10-11H2,1-2H3,(H,22,24)(H,23,26). The van der Waals surface area contributed by atoms with Gasteiger partial charge in [0.25, 0.3) is 0 Å². The largest absolute Gasteiger partial charge is 0.465 e. The summed E-state index contributed by atoms with van der Waals surface area (Å²) in [6.07, 6.45) is 0. The zero-order valence-electron chi connectivity index (χ0n) is 16.3. The van der Waals surface area contributed by atoms with Gasteiger partial charge in [0.15, 0.2) is 4.34 Å². The van der Waals surface area contributed by atoms with Crippen molar-refractivity contribution in [2.75, 3.05) is 23.5 Å². The van der Waals surface area contributed by atoms with Crippen molar-refractivity contribution in [2.24, 2.45) is 0 Å². The third kappa shape index (κ3) is 6.01. The van der Waals surface area contributed by atoms with E-state index in [1.54, 1.807) is 30.3 Å². The van der Waals surface area contributed by atoms with Gasteiger partial charge in [-0.05, 0) is 42.3 Å². The van der Waals surface area contributed by atoms with E-state index in [2.05, 4.69) is 20.8 Å². The Morgan fingerprint density at radius 2 is 1.93 bits per heavy atom. The van der Waals surface area contributed by atoms with Gasteiger partial charge in [-0.25, -0.2) is 9.18 Å². The molecule has 0 aliphatic carbocycles. The zero-order valence-corrected chi connectivity index (χ0v) is 17.9. The molecule has 3 rings (SSSR count). The number of ether oxygens (including phenoxy) is 1. The van der Waals surface area contributed by atoms with E-state index in [0.717, 1.165) is 11.1 Å². The number of aromatic nitrogens is 2. The molecule has 0 aliphatic heterocycles. The van der Waals surface area contributed by atoms with E-state index in [1.807, 2.05) is 6.92 Å². The van der Waals surface area contributed by atoms with E-state index in [4.69, 9.17) is 4.74 Å². The first-order valence-electron chi connectivity index (χ1n) is 8.88. The number of carbonyl (C=O) groups is 2. The molecule has 1 aromatic heterocycles. The lowest BCUT2D eigenvalue weighted by atomic mass is 10.1. The molecular weight excluding hydrogens is 427 g/mol. The molecule has 0 saturated heterocycles. The summed E-state index contributed by atoms with van der Waals surface area (Å²) in [5.74, 6) is -0.816. The minimum Gasteiger partial charge on any atom is -0.465 e. The van der Waals surface area contributed by atoms with Crippen LogP contribution in [0.3, 0.4) is 0 Å². The van der Waals surface area contributed by atoms with Crippen molar-refractivity contribution in [3.63, 3.8) is 0 Å². The number of benzene rings is 2. The summed E-state index contributed by atoms with van der Waals surface area (Å²) in [5, 5.41) is 14.6. The first kappa shape index (κ1) is 21.7. The zero-order chi connectivity index (χ0) is 21.5. The van der Waals surface area contributed by atoms with Crippen LogP contribution in [0.2, 0.25) is 0 Å². The highest BCUT2D eigenvalue weighted by molar-refractivity contribution is 8.01. The summed E-state index contributed by atoms with van der Waals surface area (Å²) in [5.41, 5.74) is 2.68. The summed E-state index contributed by atoms with van der Waals surface area (Å²) in [6.45, 7) is 2.34. The molecule has 2 aromatic carbocycles. The molecule has 0 saturated carbocycles. The molecule has 0 unspecified atom stereocenters. The van der Waals surface area contributed by atoms with Crippen LogP contribution in [-0.4, -0.2) is 34.9 Å². The molecule has 3 aromatic rings. The summed E-state index contributed by atoms with van der Waals surface area (Å²) in [4.78, 5) is 24.0. The van der Waals surface area contributed by atoms with Crippen molar-refractivity contribution in [1.29, 1.82) is 0 Å². The summed E-state index contributed by atoms with van der Waals surface area (Å²) >= 11 is 2.60. The van der Waals surface area contributed by atoms with Crippen LogP contribution in [0, 0.1) is 12.7 Å². The summed E-state index contributed by atoms with van der Waals surface area (Å²) in [6, 6.07) is 11.2. The maximum atomic E-state index is 12.9. The number of hydrogen-bond donors (Lipinski definition) is 2. The Morgan fingerprint density at radius 1 is 1.17 bits per heavy atom. The topological polar surface area (TPSA) is 93.2 Å². The van der Waals surface area contributed by atoms with Crippen molar-refractivity contribution >= 4 is 45.8 Å². The number of esters is 1. The second-order valence-corrected chi connectivity index (χ2v) is 8.41. The van der Waals surface area contributed by atoms with Crippen molar-refractivity contribution in [3.8, 4) is 0 Å². The van der Waals surface area contributed by atoms with Crippen LogP contribution in [0.15, 0.2) is 46.8 Å². The van der Waals surface area contributed by atoms with Gasteiger partial charge in [0.1, 0.15) is 5.82 Å². The van der Waals surface area contributed by atoms with Gasteiger partial charge in [0.05, 0.1) is 18.4 Å². The molecule has 2 N–H and O–H groups in total. The van der Waals surface area contributed by atoms with E-state index < -0.39 is 5.97 Å². The van der Waals surface area contributed by atoms with E-state index in [1.165, 1.54) is 42.3 Å². The molecule has 1 amide bonds. The van der Waals surface area contributed by atoms with Crippen molar-refractivity contribution in [3.05, 3.63) is 65.0 Å². The van der Waals surface area contributed by atoms with Gasteiger partial charge in [-0.1, -0.05) is 41.3 Å². The fourth-order valence-electron chi connectivity index (χ4n) is 2.43. The second-order valence-electron chi connectivity index (χ2n) is 6.21. The van der Waals surface area contributed by atoms with Crippen LogP contribution in [0.25, 0.3) is 0 Å². The number of hydrogen-bond acceptors (Lipinski definition) is 8. The minimum atomic E-state index is -0.464. The van der Waals surface area contributed by atoms with E-state index in [0.29, 0.717) is 27.3 Å². The number of methoxy groups -OCH3 is 1. The molecule has 156 valence electrons. The van der Waals surface area contributed by atoms with Crippen LogP contribution in [-0.2, 0) is 16.1 Å². The predicted octanol–water partition coefficient (Wildman–Crippen LogP) is 4.12. The Bertz CT molecular complexity index is 1040. The molecular formula is C20H19FN4O3S2. The Kier molecular flexibility index (Phi) is 7.36. The highest BCUT2D eigenvalue weighted by Gasteiger charge is 2.12. The fourth-order valence-corrected chi connectivity index (χ4v) is 3.98. The summed E-state index contributed by atoms with van der Waals surface area (Å²) in [7, 11) is 1.31. The number of thioether (sulfide) groups is 1. The van der Waals surface area contributed by atoms with E-state index in [9.17, 15) is 14.0 Å². The maximum Gasteiger partial charge on any atom is 0.337 e. The average Bonchev–Trinajstić information content (AvgIpc) is 3.21. The van der Waals surface area contributed by atoms with Gasteiger partial charge < -0.3 is 15.4 Å². The smallest absolute Gasteiger partial charge is 0.337 e. The van der Waals surface area contributed by atoms with Gasteiger partial charge in [0, 0.05) is 12.2 Å². The van der Waals surface area contributed by atoms with Gasteiger partial charge in [-0.2, -0.15) is 0 Å². The molecule has 0 aliphatic rings. The number of nitrogens with one attached hydrogen (secondary N) is 2. The molecule has 0 radical (unpaired) electrons. The molecule has 1 heterocycles. The number of rotatable bonds is 8. The Morgan fingerprint density at radius 3 is 2.67 bits per heavy atom. The van der Waals surface area contributed by atoms with Crippen LogP contribution in [0.5, 0.6) is 0 Å². The molecule has 7 nitrogen and oxygen atoms in total. The van der Waals surface area contributed by atoms with Crippen molar-refractivity contribution in [2.45, 2.75) is 17.8 Å². The SMILES string of the molecule is COC(=O)c1ccc(C)c(NC(=O)CSc2nnc(NCc3ccc(F)cc3)s2)c1. The Balaban J connectivity index is 1.50. The highest BCUT2D eigenvalue weighted by atomic mass is 32.2. The molecule has 0 bridgehead atoms. The first-order valence-corrected chi connectivity index (χ1v) is 10.7. The number of aryl methyl sites for hydroxylation is 1. The molecule has 0 spiro atoms. The summed E-state index contributed by atoms with van der Waals surface area (Å²) < 4.78 is 18.3. The lowest BCUT2D eigenvalue weighted by Crippen LogP contribution is -2.15. The average molecular weight is 447 g/mol. The Hall–Kier alpha value is -2.98. The second kappa shape index (κ2) is 10.2. The molecule has 0 fully saturated rings. The quantitative estimate of drug-likeness (QED) is 0.397. The molecule has 0 atom stereocenters. The van der Waals surface area contributed by atoms with Gasteiger partial charge in [0.2, 0.25) is 11.0 Å². The predicted molar refractivity (Wildman–Crippen MR) is 116 cm³/mol. The van der Waals surface area contributed by atoms with Crippen molar-refractivity contribution in [1.82, 2.24) is 10.2 Å². The van der Waals surface area contributed by atoms with Crippen LogP contribution >= 0.6 is 23.1 Å². The minimum absolute atomic E-state index is 0.147. The van der Waals surface area contributed by atoms with E-state index >= 15 is 0 Å². The first-order chi connectivity index (χ1) is 14.4. The van der Waals surface area contributed by atoms with Crippen LogP contribution in [0.4, 0.5) is 15.2 Å². The Labute approximate surface area is 181 Å². The van der Waals surface area contributed by atoms with Crippen molar-refractivity contribution < 1.29 is 18.7 Å². The third-order valence-corrected chi connectivity index (χ3v) is 6.04. The van der Waals surface area contributed by atoms with E-state index in [-0.39, 0.29) is 17.5 Å². The number of amides is 1. The molecule has 30 heavy (non-hydrogen) atoms. The number of halogens is 1. The number of nitrogens with zero attached hydrogens (tertiary/aromatic N) is 2. The maximum absolute atomic E-state index is 12.9.